The first-order valence-corrected chi connectivity index (χ1v) is 6.25. The number of benzene rings is 1. The predicted octanol–water partition coefficient (Wildman–Crippen LogP) is 2.06. The first kappa shape index (κ1) is 14.8. The van der Waals surface area contributed by atoms with Crippen LogP contribution in [-0.2, 0) is 0 Å². The summed E-state index contributed by atoms with van der Waals surface area (Å²) in [6.07, 6.45) is 0. The maximum absolute atomic E-state index is 12.1. The number of likely N-dealkylation sites (N-methyl/N-ethyl adjacent to an activating group) is 1. The van der Waals surface area contributed by atoms with E-state index in [0.717, 1.165) is 5.69 Å². The molecule has 0 bridgehead atoms. The Morgan fingerprint density at radius 1 is 1.44 bits per heavy atom. The third-order valence-electron chi connectivity index (χ3n) is 2.94. The molecule has 18 heavy (non-hydrogen) atoms. The molecule has 1 aromatic carbocycles. The van der Waals surface area contributed by atoms with Gasteiger partial charge in [-0.3, -0.25) is 4.79 Å². The Morgan fingerprint density at radius 2 is 2.11 bits per heavy atom. The van der Waals surface area contributed by atoms with E-state index in [1.807, 2.05) is 14.1 Å². The standard InChI is InChI=1S/C13H20ClN3O/c1-9(17(3)4)8-16-13(18)11-7-10(14)5-6-12(11)15-2/h5-7,9,15H,8H2,1-4H3,(H,16,18). The molecule has 2 N–H and O–H groups in total. The zero-order valence-corrected chi connectivity index (χ0v) is 12.0. The number of rotatable bonds is 5. The van der Waals surface area contributed by atoms with Crippen LogP contribution in [0.4, 0.5) is 5.69 Å². The van der Waals surface area contributed by atoms with Crippen LogP contribution < -0.4 is 10.6 Å². The summed E-state index contributed by atoms with van der Waals surface area (Å²) in [7, 11) is 5.74. The lowest BCUT2D eigenvalue weighted by atomic mass is 10.1. The van der Waals surface area contributed by atoms with Gasteiger partial charge >= 0.3 is 0 Å². The number of amides is 1. The van der Waals surface area contributed by atoms with Gasteiger partial charge in [-0.05, 0) is 39.2 Å². The average Bonchev–Trinajstić information content (AvgIpc) is 2.35. The number of carbonyl (C=O) groups excluding carboxylic acids is 1. The lowest BCUT2D eigenvalue weighted by molar-refractivity contribution is 0.0944. The molecule has 100 valence electrons. The van der Waals surface area contributed by atoms with Gasteiger partial charge in [-0.2, -0.15) is 0 Å². The number of nitrogens with one attached hydrogen (secondary N) is 2. The van der Waals surface area contributed by atoms with Crippen LogP contribution in [0.15, 0.2) is 18.2 Å². The molecule has 0 saturated carbocycles. The summed E-state index contributed by atoms with van der Waals surface area (Å²) in [5.74, 6) is -0.115. The Morgan fingerprint density at radius 3 is 2.67 bits per heavy atom. The summed E-state index contributed by atoms with van der Waals surface area (Å²) >= 11 is 5.92. The number of hydrogen-bond donors (Lipinski definition) is 2. The molecule has 1 amide bonds. The van der Waals surface area contributed by atoms with E-state index in [9.17, 15) is 4.79 Å². The quantitative estimate of drug-likeness (QED) is 0.860. The number of nitrogens with zero attached hydrogens (tertiary/aromatic N) is 1. The zero-order chi connectivity index (χ0) is 13.7. The van der Waals surface area contributed by atoms with E-state index in [1.165, 1.54) is 0 Å². The normalized spacial score (nSPS) is 12.3. The highest BCUT2D eigenvalue weighted by Gasteiger charge is 2.13. The molecule has 0 spiro atoms. The van der Waals surface area contributed by atoms with Crippen LogP contribution in [0.5, 0.6) is 0 Å². The number of halogens is 1. The van der Waals surface area contributed by atoms with Crippen LogP contribution in [0.2, 0.25) is 5.02 Å². The van der Waals surface area contributed by atoms with Gasteiger partial charge in [0, 0.05) is 30.3 Å². The Balaban J connectivity index is 2.75. The van der Waals surface area contributed by atoms with Gasteiger partial charge in [0.2, 0.25) is 0 Å². The number of anilines is 1. The van der Waals surface area contributed by atoms with Crippen LogP contribution in [0, 0.1) is 0 Å². The highest BCUT2D eigenvalue weighted by Crippen LogP contribution is 2.20. The van der Waals surface area contributed by atoms with Crippen LogP contribution in [0.3, 0.4) is 0 Å². The Hall–Kier alpha value is -1.26. The van der Waals surface area contributed by atoms with Crippen LogP contribution >= 0.6 is 11.6 Å². The Bertz CT molecular complexity index is 421. The fraction of sp³-hybridized carbons (Fsp3) is 0.462. The molecule has 4 nitrogen and oxygen atoms in total. The molecule has 0 aliphatic heterocycles. The van der Waals surface area contributed by atoms with Gasteiger partial charge in [0.05, 0.1) is 5.56 Å². The van der Waals surface area contributed by atoms with Crippen molar-refractivity contribution >= 4 is 23.2 Å². The monoisotopic (exact) mass is 269 g/mol. The van der Waals surface area contributed by atoms with Crippen LogP contribution in [0.1, 0.15) is 17.3 Å². The van der Waals surface area contributed by atoms with Gasteiger partial charge < -0.3 is 15.5 Å². The van der Waals surface area contributed by atoms with Crippen molar-refractivity contribution in [3.63, 3.8) is 0 Å². The molecule has 0 heterocycles. The van der Waals surface area contributed by atoms with Gasteiger partial charge in [-0.15, -0.1) is 0 Å². The molecule has 0 aliphatic rings. The molecule has 1 rings (SSSR count). The smallest absolute Gasteiger partial charge is 0.253 e. The average molecular weight is 270 g/mol. The third kappa shape index (κ3) is 3.89. The maximum Gasteiger partial charge on any atom is 0.253 e. The van der Waals surface area contributed by atoms with Crippen molar-refractivity contribution in [1.29, 1.82) is 0 Å². The predicted molar refractivity (Wildman–Crippen MR) is 76.5 cm³/mol. The minimum absolute atomic E-state index is 0.115. The highest BCUT2D eigenvalue weighted by molar-refractivity contribution is 6.31. The SMILES string of the molecule is CNc1ccc(Cl)cc1C(=O)NCC(C)N(C)C. The van der Waals surface area contributed by atoms with Gasteiger partial charge in [-0.1, -0.05) is 11.6 Å². The molecule has 0 fully saturated rings. The van der Waals surface area contributed by atoms with E-state index >= 15 is 0 Å². The van der Waals surface area contributed by atoms with Gasteiger partial charge in [0.25, 0.3) is 5.91 Å². The molecule has 0 radical (unpaired) electrons. The van der Waals surface area contributed by atoms with E-state index in [2.05, 4.69) is 22.5 Å². The second-order valence-corrected chi connectivity index (χ2v) is 4.90. The molecule has 0 aromatic heterocycles. The van der Waals surface area contributed by atoms with Crippen molar-refractivity contribution in [2.75, 3.05) is 33.0 Å². The number of hydrogen-bond acceptors (Lipinski definition) is 3. The fourth-order valence-electron chi connectivity index (χ4n) is 1.44. The van der Waals surface area contributed by atoms with Crippen molar-refractivity contribution in [2.45, 2.75) is 13.0 Å². The first-order chi connectivity index (χ1) is 8.45. The molecular formula is C13H20ClN3O. The molecule has 1 unspecified atom stereocenters. The summed E-state index contributed by atoms with van der Waals surface area (Å²) < 4.78 is 0. The summed E-state index contributed by atoms with van der Waals surface area (Å²) in [6, 6.07) is 5.51. The van der Waals surface area contributed by atoms with Crippen molar-refractivity contribution in [2.24, 2.45) is 0 Å². The lowest BCUT2D eigenvalue weighted by Crippen LogP contribution is -2.38. The molecule has 1 atom stereocenters. The van der Waals surface area contributed by atoms with E-state index in [0.29, 0.717) is 17.1 Å². The molecular weight excluding hydrogens is 250 g/mol. The van der Waals surface area contributed by atoms with Crippen LogP contribution in [-0.4, -0.2) is 44.5 Å². The largest absolute Gasteiger partial charge is 0.387 e. The molecule has 1 aromatic rings. The summed E-state index contributed by atoms with van der Waals surface area (Å²) in [4.78, 5) is 14.1. The molecule has 5 heteroatoms. The maximum atomic E-state index is 12.1. The zero-order valence-electron chi connectivity index (χ0n) is 11.2. The minimum Gasteiger partial charge on any atom is -0.387 e. The van der Waals surface area contributed by atoms with E-state index < -0.39 is 0 Å². The second-order valence-electron chi connectivity index (χ2n) is 4.46. The summed E-state index contributed by atoms with van der Waals surface area (Å²) in [5, 5.41) is 6.44. The third-order valence-corrected chi connectivity index (χ3v) is 3.17. The van der Waals surface area contributed by atoms with E-state index in [-0.39, 0.29) is 11.9 Å². The lowest BCUT2D eigenvalue weighted by Gasteiger charge is -2.20. The first-order valence-electron chi connectivity index (χ1n) is 5.87. The topological polar surface area (TPSA) is 44.4 Å². The fourth-order valence-corrected chi connectivity index (χ4v) is 1.61. The van der Waals surface area contributed by atoms with Gasteiger partial charge in [0.15, 0.2) is 0 Å². The van der Waals surface area contributed by atoms with Gasteiger partial charge in [0.1, 0.15) is 0 Å². The van der Waals surface area contributed by atoms with Crippen molar-refractivity contribution < 1.29 is 4.79 Å². The highest BCUT2D eigenvalue weighted by atomic mass is 35.5. The number of carbonyl (C=O) groups is 1. The van der Waals surface area contributed by atoms with Crippen LogP contribution in [0.25, 0.3) is 0 Å². The Kier molecular flexibility index (Phi) is 5.44. The van der Waals surface area contributed by atoms with E-state index in [1.54, 1.807) is 25.2 Å². The summed E-state index contributed by atoms with van der Waals surface area (Å²) in [5.41, 5.74) is 1.34. The molecule has 0 saturated heterocycles. The van der Waals surface area contributed by atoms with E-state index in [4.69, 9.17) is 11.6 Å². The molecule has 0 aliphatic carbocycles. The minimum atomic E-state index is -0.115. The second kappa shape index (κ2) is 6.61. The van der Waals surface area contributed by atoms with Crippen molar-refractivity contribution in [1.82, 2.24) is 10.2 Å². The van der Waals surface area contributed by atoms with Gasteiger partial charge in [-0.25, -0.2) is 0 Å². The van der Waals surface area contributed by atoms with Crippen molar-refractivity contribution in [3.05, 3.63) is 28.8 Å². The van der Waals surface area contributed by atoms with Crippen molar-refractivity contribution in [3.8, 4) is 0 Å². The summed E-state index contributed by atoms with van der Waals surface area (Å²) in [6.45, 7) is 2.65. The Labute approximate surface area is 113 Å².